The fraction of sp³-hybridized carbons (Fsp3) is 0.250. The highest BCUT2D eigenvalue weighted by Crippen LogP contribution is 2.31. The molecule has 0 N–H and O–H groups in total. The third-order valence-electron chi connectivity index (χ3n) is 3.48. The van der Waals surface area contributed by atoms with Gasteiger partial charge in [-0.25, -0.2) is 4.68 Å². The Morgan fingerprint density at radius 3 is 2.39 bits per heavy atom. The molecule has 3 rings (SSSR count). The Morgan fingerprint density at radius 1 is 1.04 bits per heavy atom. The van der Waals surface area contributed by atoms with Crippen molar-refractivity contribution >= 4 is 0 Å². The van der Waals surface area contributed by atoms with Gasteiger partial charge < -0.3 is 4.74 Å². The first-order chi connectivity index (χ1) is 13.1. The van der Waals surface area contributed by atoms with Crippen LogP contribution in [0, 0.1) is 0 Å². The van der Waals surface area contributed by atoms with Gasteiger partial charge in [-0.15, -0.1) is 0 Å². The molecule has 0 saturated carbocycles. The van der Waals surface area contributed by atoms with E-state index in [4.69, 9.17) is 4.74 Å². The lowest BCUT2D eigenvalue weighted by molar-refractivity contribution is -0.141. The SMILES string of the molecule is CCc1cc(-n2cc(C(F)(F)F)cn2)nc(Oc2ccnc(C(F)(F)F)c2)n1. The zero-order valence-electron chi connectivity index (χ0n) is 14.1. The van der Waals surface area contributed by atoms with Crippen LogP contribution in [0.1, 0.15) is 23.9 Å². The molecule has 0 aliphatic carbocycles. The summed E-state index contributed by atoms with van der Waals surface area (Å²) in [6, 6.07) is 2.90. The smallest absolute Gasteiger partial charge is 0.424 e. The summed E-state index contributed by atoms with van der Waals surface area (Å²) in [7, 11) is 0. The van der Waals surface area contributed by atoms with Crippen LogP contribution >= 0.6 is 0 Å². The average Bonchev–Trinajstić information content (AvgIpc) is 3.11. The maximum atomic E-state index is 12.8. The van der Waals surface area contributed by atoms with E-state index in [2.05, 4.69) is 20.1 Å². The number of alkyl halides is 6. The van der Waals surface area contributed by atoms with Crippen LogP contribution in [0.25, 0.3) is 5.82 Å². The predicted molar refractivity (Wildman–Crippen MR) is 82.8 cm³/mol. The molecule has 3 aromatic heterocycles. The van der Waals surface area contributed by atoms with Crippen molar-refractivity contribution in [3.63, 3.8) is 0 Å². The third-order valence-corrected chi connectivity index (χ3v) is 3.48. The number of aromatic nitrogens is 5. The minimum absolute atomic E-state index is 0.0255. The zero-order valence-corrected chi connectivity index (χ0v) is 14.1. The Bertz CT molecular complexity index is 982. The van der Waals surface area contributed by atoms with E-state index in [1.54, 1.807) is 6.92 Å². The maximum absolute atomic E-state index is 12.8. The molecule has 0 spiro atoms. The molecule has 3 aromatic rings. The van der Waals surface area contributed by atoms with Gasteiger partial charge >= 0.3 is 18.4 Å². The summed E-state index contributed by atoms with van der Waals surface area (Å²) in [5.41, 5.74) is -1.75. The van der Waals surface area contributed by atoms with Crippen LogP contribution in [0.4, 0.5) is 26.3 Å². The van der Waals surface area contributed by atoms with Gasteiger partial charge in [-0.05, 0) is 12.5 Å². The van der Waals surface area contributed by atoms with E-state index in [0.29, 0.717) is 24.4 Å². The Balaban J connectivity index is 1.95. The second-order valence-electron chi connectivity index (χ2n) is 5.50. The quantitative estimate of drug-likeness (QED) is 0.603. The molecule has 0 unspecified atom stereocenters. The van der Waals surface area contributed by atoms with Crippen molar-refractivity contribution in [2.45, 2.75) is 25.7 Å². The van der Waals surface area contributed by atoms with E-state index < -0.39 is 23.6 Å². The van der Waals surface area contributed by atoms with E-state index in [1.165, 1.54) is 12.1 Å². The largest absolute Gasteiger partial charge is 0.433 e. The first-order valence-electron chi connectivity index (χ1n) is 7.77. The Hall–Kier alpha value is -3.18. The van der Waals surface area contributed by atoms with E-state index in [-0.39, 0.29) is 17.6 Å². The number of nitrogens with zero attached hydrogens (tertiary/aromatic N) is 5. The average molecular weight is 403 g/mol. The predicted octanol–water partition coefficient (Wildman–Crippen LogP) is 4.45. The van der Waals surface area contributed by atoms with Crippen molar-refractivity contribution in [1.29, 1.82) is 0 Å². The highest BCUT2D eigenvalue weighted by atomic mass is 19.4. The van der Waals surface area contributed by atoms with Crippen LogP contribution in [-0.4, -0.2) is 24.7 Å². The maximum Gasteiger partial charge on any atom is 0.433 e. The van der Waals surface area contributed by atoms with Gasteiger partial charge in [0.15, 0.2) is 5.82 Å². The van der Waals surface area contributed by atoms with Crippen LogP contribution in [0.2, 0.25) is 0 Å². The lowest BCUT2D eigenvalue weighted by Crippen LogP contribution is -2.08. The van der Waals surface area contributed by atoms with E-state index >= 15 is 0 Å². The molecule has 0 atom stereocenters. The second-order valence-corrected chi connectivity index (χ2v) is 5.50. The number of pyridine rings is 1. The van der Waals surface area contributed by atoms with Gasteiger partial charge in [0.2, 0.25) is 0 Å². The number of halogens is 6. The molecular formula is C16H11F6N5O. The molecule has 0 bridgehead atoms. The van der Waals surface area contributed by atoms with E-state index in [0.717, 1.165) is 17.1 Å². The fourth-order valence-corrected chi connectivity index (χ4v) is 2.13. The molecule has 6 nitrogen and oxygen atoms in total. The molecule has 0 fully saturated rings. The molecule has 0 radical (unpaired) electrons. The summed E-state index contributed by atoms with van der Waals surface area (Å²) >= 11 is 0. The Labute approximate surface area is 153 Å². The molecule has 0 saturated heterocycles. The summed E-state index contributed by atoms with van der Waals surface area (Å²) in [6.45, 7) is 1.73. The van der Waals surface area contributed by atoms with Crippen molar-refractivity contribution in [3.05, 3.63) is 53.7 Å². The number of hydrogen-bond acceptors (Lipinski definition) is 5. The van der Waals surface area contributed by atoms with Crippen molar-refractivity contribution < 1.29 is 31.1 Å². The molecule has 12 heteroatoms. The summed E-state index contributed by atoms with van der Waals surface area (Å²) in [5, 5.41) is 3.61. The van der Waals surface area contributed by atoms with Crippen LogP contribution in [0.3, 0.4) is 0 Å². The van der Waals surface area contributed by atoms with Crippen molar-refractivity contribution in [1.82, 2.24) is 24.7 Å². The molecule has 28 heavy (non-hydrogen) atoms. The lowest BCUT2D eigenvalue weighted by atomic mass is 10.3. The van der Waals surface area contributed by atoms with Crippen LogP contribution < -0.4 is 4.74 Å². The lowest BCUT2D eigenvalue weighted by Gasteiger charge is -2.10. The summed E-state index contributed by atoms with van der Waals surface area (Å²) in [6.07, 6.45) is -6.59. The van der Waals surface area contributed by atoms with Crippen molar-refractivity contribution in [2.24, 2.45) is 0 Å². The van der Waals surface area contributed by atoms with Gasteiger partial charge in [0.1, 0.15) is 11.4 Å². The van der Waals surface area contributed by atoms with Gasteiger partial charge in [-0.1, -0.05) is 6.92 Å². The number of ether oxygens (including phenoxy) is 1. The van der Waals surface area contributed by atoms with E-state index in [1.807, 2.05) is 0 Å². The minimum atomic E-state index is -4.67. The van der Waals surface area contributed by atoms with Gasteiger partial charge in [0, 0.05) is 30.2 Å². The monoisotopic (exact) mass is 403 g/mol. The molecule has 0 aromatic carbocycles. The first-order valence-corrected chi connectivity index (χ1v) is 7.77. The first kappa shape index (κ1) is 19.6. The number of aryl methyl sites for hydroxylation is 1. The van der Waals surface area contributed by atoms with Crippen LogP contribution in [-0.2, 0) is 18.8 Å². The Morgan fingerprint density at radius 2 is 1.79 bits per heavy atom. The minimum Gasteiger partial charge on any atom is -0.424 e. The molecule has 0 aliphatic rings. The molecular weight excluding hydrogens is 392 g/mol. The molecule has 3 heterocycles. The van der Waals surface area contributed by atoms with Gasteiger partial charge in [-0.3, -0.25) is 4.98 Å². The molecule has 148 valence electrons. The summed E-state index contributed by atoms with van der Waals surface area (Å²) < 4.78 is 82.7. The zero-order chi connectivity index (χ0) is 20.5. The number of rotatable bonds is 4. The third kappa shape index (κ3) is 4.38. The van der Waals surface area contributed by atoms with Gasteiger partial charge in [0.05, 0.1) is 11.8 Å². The second kappa shape index (κ2) is 7.09. The molecule has 0 aliphatic heterocycles. The summed E-state index contributed by atoms with van der Waals surface area (Å²) in [4.78, 5) is 11.2. The summed E-state index contributed by atoms with van der Waals surface area (Å²) in [5.74, 6) is -0.250. The van der Waals surface area contributed by atoms with Gasteiger partial charge in [-0.2, -0.15) is 41.4 Å². The highest BCUT2D eigenvalue weighted by Gasteiger charge is 2.33. The van der Waals surface area contributed by atoms with Crippen LogP contribution in [0.15, 0.2) is 36.8 Å². The van der Waals surface area contributed by atoms with Crippen LogP contribution in [0.5, 0.6) is 11.8 Å². The highest BCUT2D eigenvalue weighted by molar-refractivity contribution is 5.31. The van der Waals surface area contributed by atoms with Crippen molar-refractivity contribution in [2.75, 3.05) is 0 Å². The molecule has 0 amide bonds. The Kier molecular flexibility index (Phi) is 4.96. The van der Waals surface area contributed by atoms with Gasteiger partial charge in [0.25, 0.3) is 0 Å². The standard InChI is InChI=1S/C16H11F6N5O/c1-2-10-5-13(27-8-9(7-24-27)15(17,18)19)26-14(25-10)28-11-3-4-23-12(6-11)16(20,21)22/h3-8H,2H2,1H3. The van der Waals surface area contributed by atoms with Crippen molar-refractivity contribution in [3.8, 4) is 17.6 Å². The van der Waals surface area contributed by atoms with E-state index in [9.17, 15) is 26.3 Å². The topological polar surface area (TPSA) is 65.7 Å². The fourth-order valence-electron chi connectivity index (χ4n) is 2.13. The number of hydrogen-bond donors (Lipinski definition) is 0. The normalized spacial score (nSPS) is 12.2.